The second-order valence-corrected chi connectivity index (χ2v) is 6.49. The van der Waals surface area contributed by atoms with Crippen LogP contribution in [0.5, 0.6) is 0 Å². The van der Waals surface area contributed by atoms with Crippen LogP contribution >= 0.6 is 0 Å². The van der Waals surface area contributed by atoms with E-state index in [0.29, 0.717) is 26.1 Å². The molecule has 1 aromatic rings. The zero-order chi connectivity index (χ0) is 17.4. The fourth-order valence-corrected chi connectivity index (χ4v) is 3.42. The van der Waals surface area contributed by atoms with Crippen LogP contribution in [-0.4, -0.2) is 36.2 Å². The summed E-state index contributed by atoms with van der Waals surface area (Å²) in [5.41, 5.74) is 0.430. The van der Waals surface area contributed by atoms with Crippen molar-refractivity contribution in [2.75, 3.05) is 13.2 Å². The third-order valence-corrected chi connectivity index (χ3v) is 4.86. The normalized spacial score (nSPS) is 17.4. The summed E-state index contributed by atoms with van der Waals surface area (Å²) < 4.78 is 5.42. The first-order valence-corrected chi connectivity index (χ1v) is 8.73. The molecule has 24 heavy (non-hydrogen) atoms. The highest BCUT2D eigenvalue weighted by Crippen LogP contribution is 2.41. The lowest BCUT2D eigenvalue weighted by Crippen LogP contribution is -2.49. The SMILES string of the molecule is CCOCCC1(C(=O)NC(Cc2ccccc2)C(=O)O)CCCC1. The third-order valence-electron chi connectivity index (χ3n) is 4.86. The van der Waals surface area contributed by atoms with Crippen LogP contribution in [0.25, 0.3) is 0 Å². The maximum absolute atomic E-state index is 12.8. The number of nitrogens with one attached hydrogen (secondary N) is 1. The molecule has 0 bridgehead atoms. The van der Waals surface area contributed by atoms with E-state index in [4.69, 9.17) is 4.74 Å². The van der Waals surface area contributed by atoms with Gasteiger partial charge in [0.2, 0.25) is 5.91 Å². The Labute approximate surface area is 143 Å². The molecular formula is C19H27NO4. The van der Waals surface area contributed by atoms with Gasteiger partial charge in [0.25, 0.3) is 0 Å². The molecule has 1 unspecified atom stereocenters. The smallest absolute Gasteiger partial charge is 0.326 e. The molecule has 2 rings (SSSR count). The van der Waals surface area contributed by atoms with E-state index in [1.807, 2.05) is 37.3 Å². The number of carboxylic acids is 1. The van der Waals surface area contributed by atoms with Crippen molar-refractivity contribution >= 4 is 11.9 Å². The molecule has 132 valence electrons. The average Bonchev–Trinajstić information content (AvgIpc) is 3.05. The van der Waals surface area contributed by atoms with Crippen molar-refractivity contribution in [1.29, 1.82) is 0 Å². The first-order valence-electron chi connectivity index (χ1n) is 8.73. The summed E-state index contributed by atoms with van der Waals surface area (Å²) >= 11 is 0. The van der Waals surface area contributed by atoms with Gasteiger partial charge in [0.1, 0.15) is 6.04 Å². The van der Waals surface area contributed by atoms with Crippen molar-refractivity contribution in [2.24, 2.45) is 5.41 Å². The van der Waals surface area contributed by atoms with Gasteiger partial charge >= 0.3 is 5.97 Å². The molecule has 0 aromatic heterocycles. The van der Waals surface area contributed by atoms with Crippen molar-refractivity contribution in [3.8, 4) is 0 Å². The number of carbonyl (C=O) groups excluding carboxylic acids is 1. The van der Waals surface area contributed by atoms with Gasteiger partial charge in [0.05, 0.1) is 5.41 Å². The van der Waals surface area contributed by atoms with Gasteiger partial charge in [0.15, 0.2) is 0 Å². The van der Waals surface area contributed by atoms with Gasteiger partial charge in [-0.3, -0.25) is 4.79 Å². The molecule has 5 nitrogen and oxygen atoms in total. The summed E-state index contributed by atoms with van der Waals surface area (Å²) in [5, 5.41) is 12.3. The monoisotopic (exact) mass is 333 g/mol. The minimum atomic E-state index is -0.995. The lowest BCUT2D eigenvalue weighted by atomic mass is 9.81. The zero-order valence-electron chi connectivity index (χ0n) is 14.3. The highest BCUT2D eigenvalue weighted by Gasteiger charge is 2.42. The van der Waals surface area contributed by atoms with Gasteiger partial charge in [0, 0.05) is 19.6 Å². The van der Waals surface area contributed by atoms with Crippen molar-refractivity contribution in [3.05, 3.63) is 35.9 Å². The van der Waals surface area contributed by atoms with Gasteiger partial charge in [-0.2, -0.15) is 0 Å². The van der Waals surface area contributed by atoms with E-state index >= 15 is 0 Å². The van der Waals surface area contributed by atoms with Gasteiger partial charge in [-0.1, -0.05) is 43.2 Å². The molecule has 0 saturated heterocycles. The second kappa shape index (κ2) is 8.83. The molecule has 0 radical (unpaired) electrons. The number of aliphatic carboxylic acids is 1. The summed E-state index contributed by atoms with van der Waals surface area (Å²) in [6, 6.07) is 8.49. The summed E-state index contributed by atoms with van der Waals surface area (Å²) in [4.78, 5) is 24.4. The lowest BCUT2D eigenvalue weighted by Gasteiger charge is -2.29. The van der Waals surface area contributed by atoms with Crippen LogP contribution in [0.4, 0.5) is 0 Å². The highest BCUT2D eigenvalue weighted by molar-refractivity contribution is 5.87. The lowest BCUT2D eigenvalue weighted by molar-refractivity contribution is -0.144. The van der Waals surface area contributed by atoms with Gasteiger partial charge in [-0.05, 0) is 31.7 Å². The fraction of sp³-hybridized carbons (Fsp3) is 0.579. The van der Waals surface area contributed by atoms with E-state index in [2.05, 4.69) is 5.32 Å². The quantitative estimate of drug-likeness (QED) is 0.681. The largest absolute Gasteiger partial charge is 0.480 e. The number of benzene rings is 1. The van der Waals surface area contributed by atoms with E-state index in [0.717, 1.165) is 31.2 Å². The topological polar surface area (TPSA) is 75.6 Å². The summed E-state index contributed by atoms with van der Waals surface area (Å²) in [7, 11) is 0. The molecule has 1 saturated carbocycles. The van der Waals surface area contributed by atoms with Gasteiger partial charge < -0.3 is 15.2 Å². The molecule has 1 aliphatic carbocycles. The van der Waals surface area contributed by atoms with Crippen molar-refractivity contribution in [1.82, 2.24) is 5.32 Å². The maximum Gasteiger partial charge on any atom is 0.326 e. The molecule has 2 N–H and O–H groups in total. The van der Waals surface area contributed by atoms with E-state index in [-0.39, 0.29) is 5.91 Å². The highest BCUT2D eigenvalue weighted by atomic mass is 16.5. The van der Waals surface area contributed by atoms with Crippen LogP contribution in [0, 0.1) is 5.41 Å². The molecule has 1 aromatic carbocycles. The first-order chi connectivity index (χ1) is 11.6. The summed E-state index contributed by atoms with van der Waals surface area (Å²) in [5.74, 6) is -1.13. The Morgan fingerprint density at radius 3 is 2.50 bits per heavy atom. The van der Waals surface area contributed by atoms with E-state index in [9.17, 15) is 14.7 Å². The molecule has 1 aliphatic rings. The average molecular weight is 333 g/mol. The Balaban J connectivity index is 2.03. The zero-order valence-corrected chi connectivity index (χ0v) is 14.3. The van der Waals surface area contributed by atoms with Crippen molar-refractivity contribution < 1.29 is 19.4 Å². The molecule has 1 atom stereocenters. The Kier molecular flexibility index (Phi) is 6.79. The molecule has 1 amide bonds. The second-order valence-electron chi connectivity index (χ2n) is 6.49. The molecule has 0 aliphatic heterocycles. The number of rotatable bonds is 9. The van der Waals surface area contributed by atoms with Gasteiger partial charge in [-0.25, -0.2) is 4.79 Å². The van der Waals surface area contributed by atoms with Crippen LogP contribution in [0.2, 0.25) is 0 Å². The van der Waals surface area contributed by atoms with E-state index in [1.165, 1.54) is 0 Å². The predicted octanol–water partition coefficient (Wildman–Crippen LogP) is 2.79. The number of carbonyl (C=O) groups is 2. The number of amides is 1. The first kappa shape index (κ1) is 18.5. The van der Waals surface area contributed by atoms with Crippen LogP contribution in [-0.2, 0) is 20.7 Å². The molecule has 0 spiro atoms. The number of hydrogen-bond donors (Lipinski definition) is 2. The Morgan fingerprint density at radius 2 is 1.92 bits per heavy atom. The fourth-order valence-electron chi connectivity index (χ4n) is 3.42. The number of carboxylic acid groups (broad SMARTS) is 1. The van der Waals surface area contributed by atoms with E-state index in [1.54, 1.807) is 0 Å². The standard InChI is InChI=1S/C19H27NO4/c1-2-24-13-12-19(10-6-7-11-19)18(23)20-16(17(21)22)14-15-8-4-3-5-9-15/h3-5,8-9,16H,2,6-7,10-14H2,1H3,(H,20,23)(H,21,22). The Hall–Kier alpha value is -1.88. The molecular weight excluding hydrogens is 306 g/mol. The third kappa shape index (κ3) is 4.81. The summed E-state index contributed by atoms with van der Waals surface area (Å²) in [6.45, 7) is 3.10. The van der Waals surface area contributed by atoms with Crippen LogP contribution in [0.15, 0.2) is 30.3 Å². The van der Waals surface area contributed by atoms with Crippen LogP contribution in [0.3, 0.4) is 0 Å². The predicted molar refractivity (Wildman–Crippen MR) is 91.7 cm³/mol. The Bertz CT molecular complexity index is 538. The van der Waals surface area contributed by atoms with E-state index < -0.39 is 17.4 Å². The van der Waals surface area contributed by atoms with Crippen molar-refractivity contribution in [3.63, 3.8) is 0 Å². The Morgan fingerprint density at radius 1 is 1.25 bits per heavy atom. The van der Waals surface area contributed by atoms with Crippen LogP contribution < -0.4 is 5.32 Å². The van der Waals surface area contributed by atoms with Crippen LogP contribution in [0.1, 0.15) is 44.6 Å². The molecule has 0 heterocycles. The molecule has 1 fully saturated rings. The maximum atomic E-state index is 12.8. The minimum Gasteiger partial charge on any atom is -0.480 e. The molecule has 5 heteroatoms. The van der Waals surface area contributed by atoms with Crippen molar-refractivity contribution in [2.45, 2.75) is 51.5 Å². The number of ether oxygens (including phenoxy) is 1. The van der Waals surface area contributed by atoms with Gasteiger partial charge in [-0.15, -0.1) is 0 Å². The number of hydrogen-bond acceptors (Lipinski definition) is 3. The summed E-state index contributed by atoms with van der Waals surface area (Å²) in [6.07, 6.45) is 4.59. The minimum absolute atomic E-state index is 0.136.